The van der Waals surface area contributed by atoms with Crippen molar-refractivity contribution in [2.24, 2.45) is 23.7 Å². The third kappa shape index (κ3) is 3.11. The highest BCUT2D eigenvalue weighted by atomic mass is 16.5. The highest BCUT2D eigenvalue weighted by Crippen LogP contribution is 2.51. The van der Waals surface area contributed by atoms with Crippen LogP contribution in [0.15, 0.2) is 0 Å². The summed E-state index contributed by atoms with van der Waals surface area (Å²) in [5.74, 6) is 2.19. The van der Waals surface area contributed by atoms with E-state index >= 15 is 0 Å². The molecule has 140 valence electrons. The molecule has 0 aromatic rings. The van der Waals surface area contributed by atoms with Crippen molar-refractivity contribution >= 4 is 5.91 Å². The summed E-state index contributed by atoms with van der Waals surface area (Å²) in [6, 6.07) is 0.654. The summed E-state index contributed by atoms with van der Waals surface area (Å²) in [5, 5.41) is 0. The molecule has 1 aliphatic carbocycles. The lowest BCUT2D eigenvalue weighted by atomic mass is 9.92. The summed E-state index contributed by atoms with van der Waals surface area (Å²) >= 11 is 0. The molecule has 6 heteroatoms. The van der Waals surface area contributed by atoms with E-state index in [0.717, 1.165) is 78.5 Å². The molecule has 1 unspecified atom stereocenters. The minimum Gasteiger partial charge on any atom is -0.381 e. The summed E-state index contributed by atoms with van der Waals surface area (Å²) in [7, 11) is 0. The molecule has 5 fully saturated rings. The first-order valence-electron chi connectivity index (χ1n) is 10.1. The van der Waals surface area contributed by atoms with E-state index in [9.17, 15) is 4.79 Å². The molecule has 6 nitrogen and oxygen atoms in total. The van der Waals surface area contributed by atoms with Gasteiger partial charge in [0.05, 0.1) is 25.9 Å². The van der Waals surface area contributed by atoms with E-state index in [1.165, 1.54) is 0 Å². The van der Waals surface area contributed by atoms with Crippen molar-refractivity contribution in [2.45, 2.75) is 31.4 Å². The Balaban J connectivity index is 1.19. The van der Waals surface area contributed by atoms with Gasteiger partial charge in [-0.25, -0.2) is 0 Å². The zero-order valence-electron chi connectivity index (χ0n) is 15.0. The monoisotopic (exact) mass is 350 g/mol. The van der Waals surface area contributed by atoms with Crippen LogP contribution in [-0.4, -0.2) is 87.1 Å². The molecule has 0 aromatic carbocycles. The van der Waals surface area contributed by atoms with Crippen molar-refractivity contribution in [1.82, 2.24) is 9.80 Å². The lowest BCUT2D eigenvalue weighted by molar-refractivity contribution is -0.139. The van der Waals surface area contributed by atoms with E-state index in [-0.39, 0.29) is 12.0 Å². The molecule has 0 aromatic heterocycles. The summed E-state index contributed by atoms with van der Waals surface area (Å²) in [5.41, 5.74) is 0. The molecule has 0 bridgehead atoms. The molecule has 4 heterocycles. The molecular formula is C19H30N2O4. The standard InChI is InChI=1S/C19H30N2O4/c22-19(18-15-11-24-12-16(15)18)21-4-1-13-9-20(5-8-25-17(13)10-21)14-2-6-23-7-3-14/h13-18H,1-12H2/t13-,15-,16+,17-,18?/m1/s1. The van der Waals surface area contributed by atoms with Crippen molar-refractivity contribution in [3.05, 3.63) is 0 Å². The molecule has 0 spiro atoms. The Labute approximate surface area is 149 Å². The number of fused-ring (bicyclic) bond motifs is 2. The van der Waals surface area contributed by atoms with Crippen molar-refractivity contribution in [1.29, 1.82) is 0 Å². The van der Waals surface area contributed by atoms with Crippen molar-refractivity contribution < 1.29 is 19.0 Å². The highest BCUT2D eigenvalue weighted by Gasteiger charge is 2.59. The van der Waals surface area contributed by atoms with Crippen LogP contribution in [0.1, 0.15) is 19.3 Å². The lowest BCUT2D eigenvalue weighted by Crippen LogP contribution is -2.51. The maximum atomic E-state index is 12.8. The first-order chi connectivity index (χ1) is 12.3. The summed E-state index contributed by atoms with van der Waals surface area (Å²) in [6.45, 7) is 8.01. The fraction of sp³-hybridized carbons (Fsp3) is 0.947. The van der Waals surface area contributed by atoms with Crippen molar-refractivity contribution in [3.8, 4) is 0 Å². The number of hydrogen-bond donors (Lipinski definition) is 0. The molecule has 5 atom stereocenters. The molecule has 1 saturated carbocycles. The minimum atomic E-state index is 0.220. The predicted molar refractivity (Wildman–Crippen MR) is 91.1 cm³/mol. The Kier molecular flexibility index (Phi) is 4.48. The number of rotatable bonds is 2. The van der Waals surface area contributed by atoms with Crippen LogP contribution in [0, 0.1) is 23.7 Å². The van der Waals surface area contributed by atoms with Crippen LogP contribution < -0.4 is 0 Å². The normalized spacial score (nSPS) is 42.6. The maximum absolute atomic E-state index is 12.8. The van der Waals surface area contributed by atoms with Gasteiger partial charge in [0, 0.05) is 57.3 Å². The van der Waals surface area contributed by atoms with E-state index in [1.54, 1.807) is 0 Å². The van der Waals surface area contributed by atoms with Crippen molar-refractivity contribution in [3.63, 3.8) is 0 Å². The molecule has 0 radical (unpaired) electrons. The number of amides is 1. The molecule has 5 rings (SSSR count). The minimum absolute atomic E-state index is 0.220. The third-order valence-corrected chi connectivity index (χ3v) is 7.13. The van der Waals surface area contributed by atoms with E-state index < -0.39 is 0 Å². The van der Waals surface area contributed by atoms with Gasteiger partial charge in [-0.15, -0.1) is 0 Å². The highest BCUT2D eigenvalue weighted by molar-refractivity contribution is 5.82. The Morgan fingerprint density at radius 1 is 0.880 bits per heavy atom. The topological polar surface area (TPSA) is 51.2 Å². The molecule has 0 N–H and O–H groups in total. The van der Waals surface area contributed by atoms with Gasteiger partial charge in [0.25, 0.3) is 0 Å². The molecule has 4 aliphatic heterocycles. The fourth-order valence-corrected chi connectivity index (χ4v) is 5.48. The molecular weight excluding hydrogens is 320 g/mol. The van der Waals surface area contributed by atoms with Gasteiger partial charge in [-0.1, -0.05) is 0 Å². The van der Waals surface area contributed by atoms with Gasteiger partial charge in [0.1, 0.15) is 0 Å². The van der Waals surface area contributed by atoms with Crippen LogP contribution in [0.3, 0.4) is 0 Å². The van der Waals surface area contributed by atoms with Gasteiger partial charge >= 0.3 is 0 Å². The lowest BCUT2D eigenvalue weighted by Gasteiger charge is -2.40. The number of carbonyl (C=O) groups is 1. The maximum Gasteiger partial charge on any atom is 0.226 e. The Morgan fingerprint density at radius 2 is 1.68 bits per heavy atom. The largest absolute Gasteiger partial charge is 0.381 e. The van der Waals surface area contributed by atoms with E-state index in [1.807, 2.05) is 0 Å². The zero-order chi connectivity index (χ0) is 16.8. The van der Waals surface area contributed by atoms with Crippen LogP contribution in [0.25, 0.3) is 0 Å². The Bertz CT molecular complexity index is 500. The van der Waals surface area contributed by atoms with Gasteiger partial charge in [0.2, 0.25) is 5.91 Å². The van der Waals surface area contributed by atoms with Crippen LogP contribution in [0.2, 0.25) is 0 Å². The van der Waals surface area contributed by atoms with Crippen LogP contribution in [0.5, 0.6) is 0 Å². The molecule has 25 heavy (non-hydrogen) atoms. The number of hydrogen-bond acceptors (Lipinski definition) is 5. The van der Waals surface area contributed by atoms with Gasteiger partial charge in [-0.3, -0.25) is 9.69 Å². The van der Waals surface area contributed by atoms with E-state index in [4.69, 9.17) is 14.2 Å². The first kappa shape index (κ1) is 16.5. The Hall–Kier alpha value is -0.690. The molecule has 4 saturated heterocycles. The zero-order valence-corrected chi connectivity index (χ0v) is 15.0. The second kappa shape index (κ2) is 6.80. The summed E-state index contributed by atoms with van der Waals surface area (Å²) < 4.78 is 17.2. The second-order valence-corrected chi connectivity index (χ2v) is 8.47. The number of likely N-dealkylation sites (tertiary alicyclic amines) is 1. The Morgan fingerprint density at radius 3 is 2.48 bits per heavy atom. The second-order valence-electron chi connectivity index (χ2n) is 8.47. The summed E-state index contributed by atoms with van der Waals surface area (Å²) in [4.78, 5) is 17.6. The smallest absolute Gasteiger partial charge is 0.226 e. The number of carbonyl (C=O) groups excluding carboxylic acids is 1. The molecule has 1 amide bonds. The molecule has 5 aliphatic rings. The van der Waals surface area contributed by atoms with Crippen LogP contribution >= 0.6 is 0 Å². The SMILES string of the molecule is O=C(C1[C@H]2COC[C@@H]12)N1CC[C@@H]2CN(C3CCOCC3)CCO[C@@H]2C1. The number of nitrogens with zero attached hydrogens (tertiary/aromatic N) is 2. The van der Waals surface area contributed by atoms with Gasteiger partial charge < -0.3 is 19.1 Å². The summed E-state index contributed by atoms with van der Waals surface area (Å²) in [6.07, 6.45) is 3.59. The average molecular weight is 350 g/mol. The predicted octanol–water partition coefficient (Wildman–Crippen LogP) is 0.607. The van der Waals surface area contributed by atoms with Crippen molar-refractivity contribution in [2.75, 3.05) is 59.2 Å². The van der Waals surface area contributed by atoms with Gasteiger partial charge in [-0.2, -0.15) is 0 Å². The van der Waals surface area contributed by atoms with Gasteiger partial charge in [0.15, 0.2) is 0 Å². The van der Waals surface area contributed by atoms with Gasteiger partial charge in [-0.05, 0) is 31.1 Å². The third-order valence-electron chi connectivity index (χ3n) is 7.13. The average Bonchev–Trinajstić information content (AvgIpc) is 3.23. The quantitative estimate of drug-likeness (QED) is 0.730. The van der Waals surface area contributed by atoms with Crippen LogP contribution in [-0.2, 0) is 19.0 Å². The number of ether oxygens (including phenoxy) is 3. The van der Waals surface area contributed by atoms with E-state index in [0.29, 0.717) is 29.7 Å². The number of piperidine rings is 1. The first-order valence-corrected chi connectivity index (χ1v) is 10.1. The van der Waals surface area contributed by atoms with E-state index in [2.05, 4.69) is 9.80 Å². The van der Waals surface area contributed by atoms with Crippen LogP contribution in [0.4, 0.5) is 0 Å². The fourth-order valence-electron chi connectivity index (χ4n) is 5.48.